The average Bonchev–Trinajstić information content (AvgIpc) is 3.03. The van der Waals surface area contributed by atoms with Gasteiger partial charge in [-0.05, 0) is 38.7 Å². The van der Waals surface area contributed by atoms with Crippen molar-refractivity contribution in [3.05, 3.63) is 65.5 Å². The molecule has 0 radical (unpaired) electrons. The SMILES string of the molecule is CC(NC(=O)/C=C/CN(C)C)C(c1ccccc1Cl)n1cccn1. The van der Waals surface area contributed by atoms with Crippen LogP contribution in [0.1, 0.15) is 18.5 Å². The van der Waals surface area contributed by atoms with Gasteiger partial charge in [-0.2, -0.15) is 5.10 Å². The van der Waals surface area contributed by atoms with Crippen molar-refractivity contribution in [3.63, 3.8) is 0 Å². The van der Waals surface area contributed by atoms with E-state index in [-0.39, 0.29) is 18.0 Å². The normalized spacial score (nSPS) is 14.0. The monoisotopic (exact) mass is 346 g/mol. The molecule has 0 bridgehead atoms. The van der Waals surface area contributed by atoms with Crippen LogP contribution >= 0.6 is 11.6 Å². The fourth-order valence-electron chi connectivity index (χ4n) is 2.52. The Morgan fingerprint density at radius 1 is 1.38 bits per heavy atom. The molecule has 0 aliphatic rings. The molecule has 1 N–H and O–H groups in total. The maximum absolute atomic E-state index is 12.1. The maximum atomic E-state index is 12.1. The number of amides is 1. The van der Waals surface area contributed by atoms with E-state index in [1.54, 1.807) is 12.3 Å². The number of benzene rings is 1. The number of carbonyl (C=O) groups excluding carboxylic acids is 1. The Morgan fingerprint density at radius 3 is 2.75 bits per heavy atom. The van der Waals surface area contributed by atoms with Gasteiger partial charge in [0.1, 0.15) is 0 Å². The van der Waals surface area contributed by atoms with E-state index in [4.69, 9.17) is 11.6 Å². The second-order valence-electron chi connectivity index (χ2n) is 5.91. The van der Waals surface area contributed by atoms with Crippen molar-refractivity contribution in [2.24, 2.45) is 0 Å². The second-order valence-corrected chi connectivity index (χ2v) is 6.32. The van der Waals surface area contributed by atoms with Gasteiger partial charge < -0.3 is 10.2 Å². The number of carbonyl (C=O) groups is 1. The Bertz CT molecular complexity index is 682. The molecule has 5 nitrogen and oxygen atoms in total. The molecule has 128 valence electrons. The second kappa shape index (κ2) is 8.66. The molecule has 2 atom stereocenters. The Kier molecular flexibility index (Phi) is 6.58. The van der Waals surface area contributed by atoms with Crippen molar-refractivity contribution in [1.29, 1.82) is 0 Å². The summed E-state index contributed by atoms with van der Waals surface area (Å²) in [6.07, 6.45) is 6.98. The fourth-order valence-corrected chi connectivity index (χ4v) is 2.77. The van der Waals surface area contributed by atoms with E-state index < -0.39 is 0 Å². The van der Waals surface area contributed by atoms with Gasteiger partial charge in [-0.25, -0.2) is 0 Å². The van der Waals surface area contributed by atoms with Crippen molar-refractivity contribution >= 4 is 17.5 Å². The standard InChI is InChI=1S/C18H23ClN4O/c1-14(21-17(24)10-6-12-22(2)3)18(23-13-7-11-20-23)15-8-4-5-9-16(15)19/h4-11,13-14,18H,12H2,1-3H3,(H,21,24)/b10-6+. The molecule has 0 spiro atoms. The number of aromatic nitrogens is 2. The number of hydrogen-bond acceptors (Lipinski definition) is 3. The molecule has 0 fully saturated rings. The molecule has 6 heteroatoms. The summed E-state index contributed by atoms with van der Waals surface area (Å²) in [5.41, 5.74) is 0.924. The van der Waals surface area contributed by atoms with Gasteiger partial charge >= 0.3 is 0 Å². The van der Waals surface area contributed by atoms with Crippen molar-refractivity contribution in [1.82, 2.24) is 20.0 Å². The molecule has 0 aliphatic heterocycles. The van der Waals surface area contributed by atoms with Crippen LogP contribution in [0, 0.1) is 0 Å². The van der Waals surface area contributed by atoms with Crippen LogP contribution in [0.5, 0.6) is 0 Å². The topological polar surface area (TPSA) is 50.2 Å². The van der Waals surface area contributed by atoms with E-state index in [1.807, 2.05) is 73.2 Å². The minimum Gasteiger partial charge on any atom is -0.348 e. The molecule has 1 aromatic heterocycles. The van der Waals surface area contributed by atoms with Crippen molar-refractivity contribution in [2.75, 3.05) is 20.6 Å². The summed E-state index contributed by atoms with van der Waals surface area (Å²) in [7, 11) is 3.91. The van der Waals surface area contributed by atoms with Crippen LogP contribution in [0.3, 0.4) is 0 Å². The smallest absolute Gasteiger partial charge is 0.243 e. The molecule has 24 heavy (non-hydrogen) atoms. The Balaban J connectivity index is 2.18. The van der Waals surface area contributed by atoms with E-state index in [0.29, 0.717) is 5.02 Å². The third kappa shape index (κ3) is 4.94. The zero-order chi connectivity index (χ0) is 17.5. The van der Waals surface area contributed by atoms with Crippen LogP contribution in [0.2, 0.25) is 5.02 Å². The summed E-state index contributed by atoms with van der Waals surface area (Å²) in [5.74, 6) is -0.131. The number of nitrogens with zero attached hydrogens (tertiary/aromatic N) is 3. The first-order valence-corrected chi connectivity index (χ1v) is 8.22. The highest BCUT2D eigenvalue weighted by atomic mass is 35.5. The van der Waals surface area contributed by atoms with Crippen LogP contribution in [0.4, 0.5) is 0 Å². The average molecular weight is 347 g/mol. The molecular weight excluding hydrogens is 324 g/mol. The summed E-state index contributed by atoms with van der Waals surface area (Å²) in [6, 6.07) is 9.12. The minimum atomic E-state index is -0.181. The summed E-state index contributed by atoms with van der Waals surface area (Å²) < 4.78 is 1.82. The summed E-state index contributed by atoms with van der Waals surface area (Å²) in [4.78, 5) is 14.1. The molecule has 0 saturated carbocycles. The molecule has 0 aliphatic carbocycles. The third-order valence-electron chi connectivity index (χ3n) is 3.62. The minimum absolute atomic E-state index is 0.131. The Morgan fingerprint density at radius 2 is 2.12 bits per heavy atom. The summed E-state index contributed by atoms with van der Waals surface area (Å²) in [5, 5.41) is 7.99. The maximum Gasteiger partial charge on any atom is 0.243 e. The van der Waals surface area contributed by atoms with Gasteiger partial charge in [-0.15, -0.1) is 0 Å². The van der Waals surface area contributed by atoms with E-state index >= 15 is 0 Å². The van der Waals surface area contributed by atoms with Crippen LogP contribution in [0.15, 0.2) is 54.9 Å². The number of halogens is 1. The largest absolute Gasteiger partial charge is 0.348 e. The molecular formula is C18H23ClN4O. The van der Waals surface area contributed by atoms with Crippen LogP contribution in [-0.2, 0) is 4.79 Å². The number of nitrogens with one attached hydrogen (secondary N) is 1. The van der Waals surface area contributed by atoms with Gasteiger partial charge in [-0.3, -0.25) is 9.48 Å². The Hall–Kier alpha value is -2.11. The number of hydrogen-bond donors (Lipinski definition) is 1. The zero-order valence-electron chi connectivity index (χ0n) is 14.2. The molecule has 0 saturated heterocycles. The predicted octanol–water partition coefficient (Wildman–Crippen LogP) is 2.75. The molecule has 2 unspecified atom stereocenters. The quantitative estimate of drug-likeness (QED) is 0.784. The van der Waals surface area contributed by atoms with Gasteiger partial charge in [-0.1, -0.05) is 35.9 Å². The first kappa shape index (κ1) is 18.2. The van der Waals surface area contributed by atoms with E-state index in [2.05, 4.69) is 10.4 Å². The lowest BCUT2D eigenvalue weighted by Crippen LogP contribution is -2.39. The third-order valence-corrected chi connectivity index (χ3v) is 3.96. The molecule has 2 rings (SSSR count). The zero-order valence-corrected chi connectivity index (χ0v) is 14.9. The number of rotatable bonds is 7. The van der Waals surface area contributed by atoms with Gasteiger partial charge in [0.05, 0.1) is 12.1 Å². The molecule has 2 aromatic rings. The van der Waals surface area contributed by atoms with E-state index in [9.17, 15) is 4.79 Å². The molecule has 1 heterocycles. The highest BCUT2D eigenvalue weighted by Crippen LogP contribution is 2.28. The lowest BCUT2D eigenvalue weighted by Gasteiger charge is -2.26. The summed E-state index contributed by atoms with van der Waals surface area (Å²) >= 11 is 6.36. The van der Waals surface area contributed by atoms with Crippen molar-refractivity contribution < 1.29 is 4.79 Å². The van der Waals surface area contributed by atoms with Crippen molar-refractivity contribution in [3.8, 4) is 0 Å². The summed E-state index contributed by atoms with van der Waals surface area (Å²) in [6.45, 7) is 2.67. The van der Waals surface area contributed by atoms with E-state index in [1.165, 1.54) is 0 Å². The van der Waals surface area contributed by atoms with Crippen LogP contribution in [-0.4, -0.2) is 47.3 Å². The van der Waals surface area contributed by atoms with Gasteiger partial charge in [0.25, 0.3) is 0 Å². The highest BCUT2D eigenvalue weighted by molar-refractivity contribution is 6.31. The fraction of sp³-hybridized carbons (Fsp3) is 0.333. The predicted molar refractivity (Wildman–Crippen MR) is 97.1 cm³/mol. The van der Waals surface area contributed by atoms with Crippen LogP contribution < -0.4 is 5.32 Å². The first-order valence-electron chi connectivity index (χ1n) is 7.84. The van der Waals surface area contributed by atoms with E-state index in [0.717, 1.165) is 12.1 Å². The van der Waals surface area contributed by atoms with Crippen molar-refractivity contribution in [2.45, 2.75) is 19.0 Å². The lowest BCUT2D eigenvalue weighted by molar-refractivity contribution is -0.117. The van der Waals surface area contributed by atoms with Crippen LogP contribution in [0.25, 0.3) is 0 Å². The molecule has 1 amide bonds. The van der Waals surface area contributed by atoms with Gasteiger partial charge in [0, 0.05) is 30.0 Å². The molecule has 1 aromatic carbocycles. The Labute approximate surface area is 147 Å². The van der Waals surface area contributed by atoms with Gasteiger partial charge in [0.2, 0.25) is 5.91 Å². The highest BCUT2D eigenvalue weighted by Gasteiger charge is 2.24. The first-order chi connectivity index (χ1) is 11.5. The van der Waals surface area contributed by atoms with Gasteiger partial charge in [0.15, 0.2) is 0 Å². The lowest BCUT2D eigenvalue weighted by atomic mass is 10.0. The number of likely N-dealkylation sites (N-methyl/N-ethyl adjacent to an activating group) is 1.